The highest BCUT2D eigenvalue weighted by molar-refractivity contribution is 4.58. The molecule has 1 aliphatic heterocycles. The van der Waals surface area contributed by atoms with Gasteiger partial charge in [0.2, 0.25) is 0 Å². The molecule has 76 valence electrons. The van der Waals surface area contributed by atoms with Crippen LogP contribution in [0.25, 0.3) is 0 Å². The second-order valence-electron chi connectivity index (χ2n) is 3.27. The summed E-state index contributed by atoms with van der Waals surface area (Å²) < 4.78 is 4.71. The van der Waals surface area contributed by atoms with E-state index in [0.29, 0.717) is 6.10 Å². The van der Waals surface area contributed by atoms with E-state index in [9.17, 15) is 0 Å². The van der Waals surface area contributed by atoms with Gasteiger partial charge in [0.15, 0.2) is 0 Å². The fourth-order valence-electron chi connectivity index (χ4n) is 0.0962. The molecule has 1 aliphatic rings. The van der Waals surface area contributed by atoms with Crippen LogP contribution in [0.15, 0.2) is 0 Å². The van der Waals surface area contributed by atoms with Gasteiger partial charge in [-0.15, -0.1) is 0 Å². The van der Waals surface area contributed by atoms with Crippen LogP contribution >= 0.6 is 0 Å². The standard InChI is InChI=1S/2C3H9N.C3H6O/c1-4(2)3;1-2-3-4;1-3-2-4-3/h1-3H3;2-4H2,1H3;3H,2H2,1H3. The van der Waals surface area contributed by atoms with Gasteiger partial charge in [0.25, 0.3) is 0 Å². The molecule has 12 heavy (non-hydrogen) atoms. The minimum atomic E-state index is 0.583. The Morgan fingerprint density at radius 2 is 1.58 bits per heavy atom. The van der Waals surface area contributed by atoms with Crippen LogP contribution in [0.1, 0.15) is 20.3 Å². The van der Waals surface area contributed by atoms with Crippen LogP contribution in [-0.2, 0) is 4.74 Å². The van der Waals surface area contributed by atoms with Crippen molar-refractivity contribution in [2.24, 2.45) is 5.73 Å². The molecule has 1 heterocycles. The van der Waals surface area contributed by atoms with Crippen molar-refractivity contribution in [1.29, 1.82) is 0 Å². The van der Waals surface area contributed by atoms with Gasteiger partial charge in [0.05, 0.1) is 12.7 Å². The average Bonchev–Trinajstić information content (AvgIpc) is 2.71. The Labute approximate surface area is 76.9 Å². The summed E-state index contributed by atoms with van der Waals surface area (Å²) in [6, 6.07) is 0. The molecule has 0 spiro atoms. The van der Waals surface area contributed by atoms with Crippen LogP contribution in [0.5, 0.6) is 0 Å². The van der Waals surface area contributed by atoms with Crippen LogP contribution in [0.2, 0.25) is 0 Å². The largest absolute Gasteiger partial charge is 0.373 e. The summed E-state index contributed by atoms with van der Waals surface area (Å²) in [4.78, 5) is 2.00. The fraction of sp³-hybridized carbons (Fsp3) is 1.00. The van der Waals surface area contributed by atoms with Crippen molar-refractivity contribution in [1.82, 2.24) is 4.90 Å². The van der Waals surface area contributed by atoms with E-state index in [4.69, 9.17) is 10.5 Å². The van der Waals surface area contributed by atoms with Crippen LogP contribution in [0, 0.1) is 0 Å². The predicted octanol–water partition coefficient (Wildman–Crippen LogP) is 0.938. The molecule has 3 nitrogen and oxygen atoms in total. The van der Waals surface area contributed by atoms with E-state index in [0.717, 1.165) is 19.6 Å². The van der Waals surface area contributed by atoms with E-state index in [-0.39, 0.29) is 0 Å². The first-order valence-electron chi connectivity index (χ1n) is 4.47. The summed E-state index contributed by atoms with van der Waals surface area (Å²) >= 11 is 0. The monoisotopic (exact) mass is 176 g/mol. The van der Waals surface area contributed by atoms with E-state index in [2.05, 4.69) is 13.8 Å². The highest BCUT2D eigenvalue weighted by Gasteiger charge is 2.13. The lowest BCUT2D eigenvalue weighted by Crippen LogP contribution is -1.99. The third-order valence-corrected chi connectivity index (χ3v) is 0.789. The fourth-order valence-corrected chi connectivity index (χ4v) is 0.0962. The average molecular weight is 176 g/mol. The summed E-state index contributed by atoms with van der Waals surface area (Å²) in [5.41, 5.74) is 5.03. The zero-order chi connectivity index (χ0) is 9.98. The highest BCUT2D eigenvalue weighted by Crippen LogP contribution is 2.04. The molecular formula is C9H24N2O. The van der Waals surface area contributed by atoms with Crippen molar-refractivity contribution in [2.45, 2.75) is 26.4 Å². The molecule has 0 amide bonds. The van der Waals surface area contributed by atoms with E-state index >= 15 is 0 Å². The van der Waals surface area contributed by atoms with Gasteiger partial charge >= 0.3 is 0 Å². The van der Waals surface area contributed by atoms with Crippen LogP contribution in [0.3, 0.4) is 0 Å². The molecule has 3 heteroatoms. The minimum absolute atomic E-state index is 0.583. The molecule has 0 bridgehead atoms. The second kappa shape index (κ2) is 10.9. The molecule has 1 unspecified atom stereocenters. The van der Waals surface area contributed by atoms with Gasteiger partial charge in [-0.1, -0.05) is 6.92 Å². The SMILES string of the molecule is CC1CO1.CCCN.CN(C)C. The van der Waals surface area contributed by atoms with Crippen LogP contribution in [-0.4, -0.2) is 45.3 Å². The smallest absolute Gasteiger partial charge is 0.0781 e. The van der Waals surface area contributed by atoms with Crippen LogP contribution < -0.4 is 5.73 Å². The Balaban J connectivity index is 0. The molecule has 0 radical (unpaired) electrons. The molecule has 1 saturated heterocycles. The number of hydrogen-bond donors (Lipinski definition) is 1. The summed E-state index contributed by atoms with van der Waals surface area (Å²) in [6.07, 6.45) is 1.68. The zero-order valence-electron chi connectivity index (χ0n) is 9.13. The first-order chi connectivity index (χ1) is 5.54. The maximum absolute atomic E-state index is 5.03. The van der Waals surface area contributed by atoms with Gasteiger partial charge in [-0.05, 0) is 41.0 Å². The maximum Gasteiger partial charge on any atom is 0.0781 e. The minimum Gasteiger partial charge on any atom is -0.373 e. The van der Waals surface area contributed by atoms with E-state index in [1.165, 1.54) is 0 Å². The third-order valence-electron chi connectivity index (χ3n) is 0.789. The lowest BCUT2D eigenvalue weighted by Gasteiger charge is -1.90. The van der Waals surface area contributed by atoms with Crippen molar-refractivity contribution in [3.63, 3.8) is 0 Å². The Bertz CT molecular complexity index is 68.2. The van der Waals surface area contributed by atoms with Gasteiger partial charge in [-0.2, -0.15) is 0 Å². The van der Waals surface area contributed by atoms with Gasteiger partial charge in [0.1, 0.15) is 0 Å². The molecule has 1 atom stereocenters. The molecule has 0 aromatic heterocycles. The molecule has 1 fully saturated rings. The van der Waals surface area contributed by atoms with Crippen LogP contribution in [0.4, 0.5) is 0 Å². The topological polar surface area (TPSA) is 41.8 Å². The van der Waals surface area contributed by atoms with Crippen molar-refractivity contribution in [3.8, 4) is 0 Å². The molecular weight excluding hydrogens is 152 g/mol. The zero-order valence-corrected chi connectivity index (χ0v) is 9.13. The molecule has 0 aromatic rings. The molecule has 2 N–H and O–H groups in total. The van der Waals surface area contributed by atoms with Gasteiger partial charge in [-0.25, -0.2) is 0 Å². The predicted molar refractivity (Wildman–Crippen MR) is 54.4 cm³/mol. The Kier molecular flexibility index (Phi) is 13.1. The quantitative estimate of drug-likeness (QED) is 0.605. The molecule has 0 saturated carbocycles. The number of nitrogens with zero attached hydrogens (tertiary/aromatic N) is 1. The normalized spacial score (nSPS) is 18.8. The number of ether oxygens (including phenoxy) is 1. The number of epoxide rings is 1. The Hall–Kier alpha value is -0.120. The summed E-state index contributed by atoms with van der Waals surface area (Å²) in [5, 5.41) is 0. The van der Waals surface area contributed by atoms with E-state index in [1.54, 1.807) is 0 Å². The van der Waals surface area contributed by atoms with Crippen molar-refractivity contribution < 1.29 is 4.74 Å². The first kappa shape index (κ1) is 14.4. The van der Waals surface area contributed by atoms with E-state index in [1.807, 2.05) is 26.0 Å². The summed E-state index contributed by atoms with van der Waals surface area (Å²) in [5.74, 6) is 0. The summed E-state index contributed by atoms with van der Waals surface area (Å²) in [7, 11) is 6.00. The lowest BCUT2D eigenvalue weighted by molar-refractivity contribution is 0.423. The lowest BCUT2D eigenvalue weighted by atomic mass is 10.5. The van der Waals surface area contributed by atoms with Crippen molar-refractivity contribution >= 4 is 0 Å². The summed E-state index contributed by atoms with van der Waals surface area (Å²) in [6.45, 7) is 5.92. The Morgan fingerprint density at radius 1 is 1.42 bits per heavy atom. The second-order valence-corrected chi connectivity index (χ2v) is 3.27. The number of rotatable bonds is 1. The van der Waals surface area contributed by atoms with E-state index < -0.39 is 0 Å². The van der Waals surface area contributed by atoms with Crippen molar-refractivity contribution in [2.75, 3.05) is 34.3 Å². The Morgan fingerprint density at radius 3 is 1.58 bits per heavy atom. The first-order valence-corrected chi connectivity index (χ1v) is 4.47. The molecule has 0 aliphatic carbocycles. The third kappa shape index (κ3) is 51.8. The van der Waals surface area contributed by atoms with Gasteiger partial charge in [0, 0.05) is 0 Å². The van der Waals surface area contributed by atoms with Gasteiger partial charge < -0.3 is 15.4 Å². The van der Waals surface area contributed by atoms with Crippen molar-refractivity contribution in [3.05, 3.63) is 0 Å². The highest BCUT2D eigenvalue weighted by atomic mass is 16.6. The number of hydrogen-bond acceptors (Lipinski definition) is 3. The number of nitrogens with two attached hydrogens (primary N) is 1. The molecule has 1 rings (SSSR count). The van der Waals surface area contributed by atoms with Gasteiger partial charge in [-0.3, -0.25) is 0 Å². The molecule has 0 aromatic carbocycles. The maximum atomic E-state index is 5.03.